The molecule has 5 heteroatoms. The third kappa shape index (κ3) is 2.65. The van der Waals surface area contributed by atoms with Crippen LogP contribution in [-0.2, 0) is 9.59 Å². The minimum atomic E-state index is -0.516. The smallest absolute Gasteiger partial charge is 0.303 e. The van der Waals surface area contributed by atoms with Crippen LogP contribution in [0.25, 0.3) is 0 Å². The fraction of sp³-hybridized carbons (Fsp3) is 0.500. The molecule has 0 bridgehead atoms. The molecule has 5 nitrogen and oxygen atoms in total. The van der Waals surface area contributed by atoms with Crippen LogP contribution in [0.1, 0.15) is 26.7 Å². The van der Waals surface area contributed by atoms with Crippen molar-refractivity contribution in [3.63, 3.8) is 0 Å². The molecule has 0 aromatic carbocycles. The van der Waals surface area contributed by atoms with E-state index in [0.29, 0.717) is 0 Å². The lowest BCUT2D eigenvalue weighted by atomic mass is 10.2. The fourth-order valence-corrected chi connectivity index (χ4v) is 1.27. The summed E-state index contributed by atoms with van der Waals surface area (Å²) in [6.45, 7) is 3.16. The van der Waals surface area contributed by atoms with Crippen LogP contribution < -0.4 is 5.32 Å². The lowest BCUT2D eigenvalue weighted by molar-refractivity contribution is -0.127. The summed E-state index contributed by atoms with van der Waals surface area (Å²) >= 11 is 0. The Morgan fingerprint density at radius 2 is 2.13 bits per heavy atom. The Bertz CT molecular complexity index is 334. The molecule has 1 rings (SSSR count). The molecule has 1 saturated heterocycles. The molecular formula is C10H14N2O3. The number of hydrogen-bond acceptors (Lipinski definition) is 3. The maximum atomic E-state index is 11.6. The largest absolute Gasteiger partial charge is 0.329 e. The summed E-state index contributed by atoms with van der Waals surface area (Å²) in [5.41, 5.74) is 0.281. The SMILES string of the molecule is CCC/C=C1/NC(=O)N(CC(C)=O)C1=O. The number of imide groups is 1. The molecule has 0 spiro atoms. The molecular weight excluding hydrogens is 196 g/mol. The Kier molecular flexibility index (Phi) is 3.60. The van der Waals surface area contributed by atoms with E-state index >= 15 is 0 Å². The van der Waals surface area contributed by atoms with Gasteiger partial charge in [0.05, 0.1) is 6.54 Å². The molecule has 3 amide bonds. The van der Waals surface area contributed by atoms with Crippen LogP contribution in [0, 0.1) is 0 Å². The number of nitrogens with zero attached hydrogens (tertiary/aromatic N) is 1. The van der Waals surface area contributed by atoms with E-state index in [1.807, 2.05) is 6.92 Å². The van der Waals surface area contributed by atoms with Crippen molar-refractivity contribution in [3.8, 4) is 0 Å². The van der Waals surface area contributed by atoms with E-state index in [9.17, 15) is 14.4 Å². The minimum absolute atomic E-state index is 0.159. The number of nitrogens with one attached hydrogen (secondary N) is 1. The predicted octanol–water partition coefficient (Wildman–Crippen LogP) is 0.811. The third-order valence-electron chi connectivity index (χ3n) is 1.98. The van der Waals surface area contributed by atoms with Gasteiger partial charge >= 0.3 is 6.03 Å². The summed E-state index contributed by atoms with van der Waals surface area (Å²) in [6.07, 6.45) is 3.31. The van der Waals surface area contributed by atoms with E-state index in [1.54, 1.807) is 6.08 Å². The van der Waals surface area contributed by atoms with Gasteiger partial charge in [0, 0.05) is 0 Å². The Balaban J connectivity index is 2.74. The van der Waals surface area contributed by atoms with Gasteiger partial charge in [0.1, 0.15) is 11.5 Å². The monoisotopic (exact) mass is 210 g/mol. The lowest BCUT2D eigenvalue weighted by Gasteiger charge is -2.07. The molecule has 82 valence electrons. The normalized spacial score (nSPS) is 18.5. The van der Waals surface area contributed by atoms with Gasteiger partial charge in [-0.15, -0.1) is 0 Å². The highest BCUT2D eigenvalue weighted by Crippen LogP contribution is 2.10. The van der Waals surface area contributed by atoms with Crippen molar-refractivity contribution in [2.24, 2.45) is 0 Å². The second-order valence-electron chi connectivity index (χ2n) is 3.43. The maximum Gasteiger partial charge on any atom is 0.329 e. The van der Waals surface area contributed by atoms with E-state index in [-0.39, 0.29) is 18.0 Å². The molecule has 1 N–H and O–H groups in total. The zero-order chi connectivity index (χ0) is 11.4. The second kappa shape index (κ2) is 4.72. The van der Waals surface area contributed by atoms with Gasteiger partial charge in [-0.3, -0.25) is 14.5 Å². The summed E-state index contributed by atoms with van der Waals surface area (Å²) in [6, 6.07) is -0.516. The van der Waals surface area contributed by atoms with Gasteiger partial charge < -0.3 is 5.32 Å². The highest BCUT2D eigenvalue weighted by Gasteiger charge is 2.33. The first-order valence-electron chi connectivity index (χ1n) is 4.88. The zero-order valence-electron chi connectivity index (χ0n) is 8.87. The van der Waals surface area contributed by atoms with E-state index in [2.05, 4.69) is 5.32 Å². The van der Waals surface area contributed by atoms with Crippen LogP contribution in [0.15, 0.2) is 11.8 Å². The van der Waals surface area contributed by atoms with Crippen molar-refractivity contribution >= 4 is 17.7 Å². The average molecular weight is 210 g/mol. The molecule has 0 aromatic heterocycles. The molecule has 0 atom stereocenters. The number of allylic oxidation sites excluding steroid dienone is 1. The summed E-state index contributed by atoms with van der Waals surface area (Å²) in [5, 5.41) is 2.44. The fourth-order valence-electron chi connectivity index (χ4n) is 1.27. The van der Waals surface area contributed by atoms with Crippen LogP contribution in [0.5, 0.6) is 0 Å². The number of unbranched alkanes of at least 4 members (excludes halogenated alkanes) is 1. The highest BCUT2D eigenvalue weighted by molar-refractivity contribution is 6.13. The molecule has 0 saturated carbocycles. The molecule has 0 unspecified atom stereocenters. The van der Waals surface area contributed by atoms with Gasteiger partial charge in [-0.2, -0.15) is 0 Å². The Morgan fingerprint density at radius 1 is 1.47 bits per heavy atom. The van der Waals surface area contributed by atoms with Gasteiger partial charge in [-0.25, -0.2) is 4.79 Å². The highest BCUT2D eigenvalue weighted by atomic mass is 16.2. The molecule has 1 aliphatic rings. The van der Waals surface area contributed by atoms with Gasteiger partial charge in [0.15, 0.2) is 0 Å². The summed E-state index contributed by atoms with van der Waals surface area (Å²) in [5.74, 6) is -0.626. The van der Waals surface area contributed by atoms with Crippen LogP contribution in [0.4, 0.5) is 4.79 Å². The van der Waals surface area contributed by atoms with Crippen LogP contribution in [-0.4, -0.2) is 29.2 Å². The van der Waals surface area contributed by atoms with Crippen molar-refractivity contribution in [1.82, 2.24) is 10.2 Å². The summed E-state index contributed by atoms with van der Waals surface area (Å²) in [4.78, 5) is 34.6. The molecule has 0 aliphatic carbocycles. The van der Waals surface area contributed by atoms with E-state index < -0.39 is 11.9 Å². The number of rotatable bonds is 4. The Hall–Kier alpha value is -1.65. The molecule has 1 heterocycles. The first-order chi connectivity index (χ1) is 7.06. The third-order valence-corrected chi connectivity index (χ3v) is 1.98. The summed E-state index contributed by atoms with van der Waals surface area (Å²) in [7, 11) is 0. The Morgan fingerprint density at radius 3 is 2.67 bits per heavy atom. The predicted molar refractivity (Wildman–Crippen MR) is 53.9 cm³/mol. The van der Waals surface area contributed by atoms with Gasteiger partial charge in [-0.05, 0) is 13.3 Å². The molecule has 1 aliphatic heterocycles. The number of hydrogen-bond donors (Lipinski definition) is 1. The number of carbonyl (C=O) groups excluding carboxylic acids is 3. The summed E-state index contributed by atoms with van der Waals surface area (Å²) < 4.78 is 0. The number of ketones is 1. The second-order valence-corrected chi connectivity index (χ2v) is 3.43. The van der Waals surface area contributed by atoms with Crippen LogP contribution >= 0.6 is 0 Å². The van der Waals surface area contributed by atoms with Crippen molar-refractivity contribution < 1.29 is 14.4 Å². The molecule has 15 heavy (non-hydrogen) atoms. The average Bonchev–Trinajstić information content (AvgIpc) is 2.42. The van der Waals surface area contributed by atoms with Crippen LogP contribution in [0.3, 0.4) is 0 Å². The molecule has 0 aromatic rings. The van der Waals surface area contributed by atoms with E-state index in [1.165, 1.54) is 6.92 Å². The van der Waals surface area contributed by atoms with Crippen molar-refractivity contribution in [2.45, 2.75) is 26.7 Å². The van der Waals surface area contributed by atoms with E-state index in [0.717, 1.165) is 17.7 Å². The zero-order valence-corrected chi connectivity index (χ0v) is 8.87. The number of carbonyl (C=O) groups is 3. The first-order valence-corrected chi connectivity index (χ1v) is 4.88. The lowest BCUT2D eigenvalue weighted by Crippen LogP contribution is -2.34. The molecule has 0 radical (unpaired) electrons. The van der Waals surface area contributed by atoms with Gasteiger partial charge in [0.25, 0.3) is 5.91 Å². The maximum absolute atomic E-state index is 11.6. The van der Waals surface area contributed by atoms with Crippen molar-refractivity contribution in [2.75, 3.05) is 6.54 Å². The topological polar surface area (TPSA) is 66.5 Å². The Labute approximate surface area is 88.1 Å². The first kappa shape index (κ1) is 11.4. The minimum Gasteiger partial charge on any atom is -0.303 e. The number of amides is 3. The van der Waals surface area contributed by atoms with Crippen molar-refractivity contribution in [3.05, 3.63) is 11.8 Å². The van der Waals surface area contributed by atoms with Crippen LogP contribution in [0.2, 0.25) is 0 Å². The van der Waals surface area contributed by atoms with Crippen molar-refractivity contribution in [1.29, 1.82) is 0 Å². The number of Topliss-reactive ketones (excluding diaryl/α,β-unsaturated/α-hetero) is 1. The van der Waals surface area contributed by atoms with Gasteiger partial charge in [0.2, 0.25) is 0 Å². The van der Waals surface area contributed by atoms with Gasteiger partial charge in [-0.1, -0.05) is 19.4 Å². The van der Waals surface area contributed by atoms with E-state index in [4.69, 9.17) is 0 Å². The molecule has 1 fully saturated rings. The number of urea groups is 1. The standard InChI is InChI=1S/C10H14N2O3/c1-3-4-5-8-9(14)12(6-7(2)13)10(15)11-8/h5H,3-4,6H2,1-2H3,(H,11,15)/b8-5+. The quantitative estimate of drug-likeness (QED) is 0.551.